The van der Waals surface area contributed by atoms with Crippen LogP contribution in [0.25, 0.3) is 0 Å². The van der Waals surface area contributed by atoms with Crippen molar-refractivity contribution in [2.75, 3.05) is 20.8 Å². The molecular weight excluding hydrogens is 500 g/mol. The highest BCUT2D eigenvalue weighted by Crippen LogP contribution is 2.52. The highest BCUT2D eigenvalue weighted by atomic mass is 32.1. The number of likely N-dealkylation sites (tertiary alicyclic amines) is 1. The first-order chi connectivity index (χ1) is 17.6. The monoisotopic (exact) mass is 544 g/mol. The average Bonchev–Trinajstić information content (AvgIpc) is 3.43. The number of amides is 1. The first-order valence-corrected chi connectivity index (χ1v) is 14.2. The Kier molecular flexibility index (Phi) is 8.98. The molecule has 3 rings (SSSR count). The van der Waals surface area contributed by atoms with Crippen LogP contribution < -0.4 is 4.74 Å². The molecule has 38 heavy (non-hydrogen) atoms. The molecule has 0 radical (unpaired) electrons. The number of carbonyl (C=O) groups excluding carboxylic acids is 2. The molecule has 1 aromatic heterocycles. The van der Waals surface area contributed by atoms with Crippen LogP contribution in [-0.4, -0.2) is 53.7 Å². The predicted octanol–water partition coefficient (Wildman–Crippen LogP) is 6.43. The number of hydrogen-bond acceptors (Lipinski definition) is 7. The maximum atomic E-state index is 14.6. The van der Waals surface area contributed by atoms with Crippen molar-refractivity contribution in [3.8, 4) is 5.75 Å². The van der Waals surface area contributed by atoms with Gasteiger partial charge in [-0.1, -0.05) is 40.7 Å². The second-order valence-electron chi connectivity index (χ2n) is 12.7. The van der Waals surface area contributed by atoms with Gasteiger partial charge in [-0.3, -0.25) is 4.79 Å². The van der Waals surface area contributed by atoms with E-state index in [1.165, 1.54) is 11.3 Å². The molecule has 7 nitrogen and oxygen atoms in total. The maximum absolute atomic E-state index is 14.6. The Hall–Kier alpha value is -2.45. The van der Waals surface area contributed by atoms with Crippen LogP contribution in [-0.2, 0) is 19.7 Å². The molecule has 0 aliphatic carbocycles. The van der Waals surface area contributed by atoms with Gasteiger partial charge in [-0.25, -0.2) is 9.78 Å². The third-order valence-electron chi connectivity index (χ3n) is 6.87. The summed E-state index contributed by atoms with van der Waals surface area (Å²) < 4.78 is 17.4. The van der Waals surface area contributed by atoms with Gasteiger partial charge in [0.2, 0.25) is 0 Å². The molecule has 2 heterocycles. The van der Waals surface area contributed by atoms with Gasteiger partial charge in [-0.2, -0.15) is 0 Å². The summed E-state index contributed by atoms with van der Waals surface area (Å²) in [6.45, 7) is 16.4. The molecule has 8 heteroatoms. The van der Waals surface area contributed by atoms with Gasteiger partial charge in [-0.15, -0.1) is 11.3 Å². The summed E-state index contributed by atoms with van der Waals surface area (Å²) in [5.74, 6) is 0.0269. The van der Waals surface area contributed by atoms with Crippen LogP contribution in [0.1, 0.15) is 95.2 Å². The standard InChI is InChI=1S/C30H44N2O5S/c1-19(2)16-30(27(34)37-29(6,7)8)17-21(18-35-9)24(25-31-13-14-38-25)32(30)26(33)20-11-12-22(28(3,4)5)23(15-20)36-10/h11-15,19,21,24H,16-18H2,1-10H3/t21-,24-,30+/m1/s1. The Morgan fingerprint density at radius 3 is 2.34 bits per heavy atom. The first-order valence-electron chi connectivity index (χ1n) is 13.3. The van der Waals surface area contributed by atoms with E-state index in [1.54, 1.807) is 31.4 Å². The van der Waals surface area contributed by atoms with E-state index in [1.807, 2.05) is 38.3 Å². The van der Waals surface area contributed by atoms with Gasteiger partial charge in [0.15, 0.2) is 0 Å². The van der Waals surface area contributed by atoms with Crippen molar-refractivity contribution in [3.63, 3.8) is 0 Å². The third kappa shape index (κ3) is 6.23. The van der Waals surface area contributed by atoms with Crippen LogP contribution in [0.15, 0.2) is 29.8 Å². The molecule has 1 aromatic carbocycles. The van der Waals surface area contributed by atoms with Crippen molar-refractivity contribution >= 4 is 23.2 Å². The summed E-state index contributed by atoms with van der Waals surface area (Å²) in [7, 11) is 3.27. The van der Waals surface area contributed by atoms with Crippen LogP contribution in [0.2, 0.25) is 0 Å². The Labute approximate surface area is 231 Å². The molecule has 0 N–H and O–H groups in total. The fraction of sp³-hybridized carbons (Fsp3) is 0.633. The van der Waals surface area contributed by atoms with Crippen molar-refractivity contribution in [1.82, 2.24) is 9.88 Å². The number of hydrogen-bond donors (Lipinski definition) is 0. The zero-order chi connectivity index (χ0) is 28.5. The molecule has 0 unspecified atom stereocenters. The van der Waals surface area contributed by atoms with Gasteiger partial charge in [0.05, 0.1) is 19.8 Å². The molecule has 2 aromatic rings. The number of esters is 1. The lowest BCUT2D eigenvalue weighted by molar-refractivity contribution is -0.168. The molecule has 3 atom stereocenters. The zero-order valence-corrected chi connectivity index (χ0v) is 25.4. The fourth-order valence-corrected chi connectivity index (χ4v) is 6.40. The molecule has 210 valence electrons. The van der Waals surface area contributed by atoms with Gasteiger partial charge in [0, 0.05) is 30.2 Å². The highest BCUT2D eigenvalue weighted by molar-refractivity contribution is 7.09. The van der Waals surface area contributed by atoms with Crippen molar-refractivity contribution < 1.29 is 23.8 Å². The Balaban J connectivity index is 2.25. The quantitative estimate of drug-likeness (QED) is 0.357. The number of aromatic nitrogens is 1. The van der Waals surface area contributed by atoms with Crippen molar-refractivity contribution in [2.45, 2.75) is 90.8 Å². The summed E-state index contributed by atoms with van der Waals surface area (Å²) in [6.07, 6.45) is 2.64. The molecular formula is C30H44N2O5S. The molecule has 1 aliphatic heterocycles. The number of rotatable bonds is 8. The average molecular weight is 545 g/mol. The van der Waals surface area contributed by atoms with Crippen LogP contribution in [0.5, 0.6) is 5.75 Å². The van der Waals surface area contributed by atoms with Crippen LogP contribution in [0.4, 0.5) is 0 Å². The van der Waals surface area contributed by atoms with E-state index in [2.05, 4.69) is 39.6 Å². The van der Waals surface area contributed by atoms with Crippen molar-refractivity contribution in [1.29, 1.82) is 0 Å². The number of benzene rings is 1. The molecule has 1 amide bonds. The van der Waals surface area contributed by atoms with Crippen molar-refractivity contribution in [3.05, 3.63) is 45.9 Å². The minimum Gasteiger partial charge on any atom is -0.496 e. The zero-order valence-electron chi connectivity index (χ0n) is 24.6. The Bertz CT molecular complexity index is 1120. The second-order valence-corrected chi connectivity index (χ2v) is 13.6. The van der Waals surface area contributed by atoms with Gasteiger partial charge in [0.1, 0.15) is 21.9 Å². The van der Waals surface area contributed by atoms with E-state index in [-0.39, 0.29) is 29.1 Å². The molecule has 1 saturated heterocycles. The van der Waals surface area contributed by atoms with E-state index < -0.39 is 17.2 Å². The Morgan fingerprint density at radius 2 is 1.84 bits per heavy atom. The predicted molar refractivity (Wildman–Crippen MR) is 151 cm³/mol. The minimum absolute atomic E-state index is 0.128. The highest BCUT2D eigenvalue weighted by Gasteiger charge is 2.60. The van der Waals surface area contributed by atoms with E-state index >= 15 is 0 Å². The summed E-state index contributed by atoms with van der Waals surface area (Å²) in [5, 5.41) is 2.69. The number of thiazole rings is 1. The van der Waals surface area contributed by atoms with Gasteiger partial charge in [0.25, 0.3) is 5.91 Å². The molecule has 1 aliphatic rings. The second kappa shape index (κ2) is 11.3. The van der Waals surface area contributed by atoms with Gasteiger partial charge < -0.3 is 19.1 Å². The number of ether oxygens (including phenoxy) is 3. The van der Waals surface area contributed by atoms with E-state index in [0.717, 1.165) is 10.6 Å². The third-order valence-corrected chi connectivity index (χ3v) is 7.72. The number of nitrogens with zero attached hydrogens (tertiary/aromatic N) is 2. The smallest absolute Gasteiger partial charge is 0.332 e. The van der Waals surface area contributed by atoms with E-state index in [0.29, 0.717) is 30.8 Å². The first kappa shape index (κ1) is 30.1. The molecule has 0 spiro atoms. The summed E-state index contributed by atoms with van der Waals surface area (Å²) >= 11 is 1.49. The molecule has 1 fully saturated rings. The number of methoxy groups -OCH3 is 2. The SMILES string of the molecule is COC[C@H]1C[C@@](CC(C)C)(C(=O)OC(C)(C)C)N(C(=O)c2ccc(C(C)(C)C)c(OC)c2)[C@H]1c1nccs1. The normalized spacial score (nSPS) is 22.1. The van der Waals surface area contributed by atoms with Gasteiger partial charge in [-0.05, 0) is 62.6 Å². The van der Waals surface area contributed by atoms with Crippen molar-refractivity contribution in [2.24, 2.45) is 11.8 Å². The molecule has 0 bridgehead atoms. The van der Waals surface area contributed by atoms with Crippen LogP contribution in [0.3, 0.4) is 0 Å². The molecule has 0 saturated carbocycles. The van der Waals surface area contributed by atoms with E-state index in [4.69, 9.17) is 14.2 Å². The van der Waals surface area contributed by atoms with Crippen LogP contribution >= 0.6 is 11.3 Å². The number of carbonyl (C=O) groups is 2. The maximum Gasteiger partial charge on any atom is 0.332 e. The lowest BCUT2D eigenvalue weighted by atomic mass is 9.83. The van der Waals surface area contributed by atoms with Crippen LogP contribution in [0, 0.1) is 11.8 Å². The summed E-state index contributed by atoms with van der Waals surface area (Å²) in [5.41, 5.74) is -0.568. The lowest BCUT2D eigenvalue weighted by Crippen LogP contribution is -2.56. The summed E-state index contributed by atoms with van der Waals surface area (Å²) in [6, 6.07) is 5.15. The van der Waals surface area contributed by atoms with Gasteiger partial charge >= 0.3 is 5.97 Å². The lowest BCUT2D eigenvalue weighted by Gasteiger charge is -2.41. The summed E-state index contributed by atoms with van der Waals surface area (Å²) in [4.78, 5) is 35.1. The van der Waals surface area contributed by atoms with E-state index in [9.17, 15) is 9.59 Å². The topological polar surface area (TPSA) is 78.0 Å². The minimum atomic E-state index is -1.17. The largest absolute Gasteiger partial charge is 0.496 e. The Morgan fingerprint density at radius 1 is 1.16 bits per heavy atom. The fourth-order valence-electron chi connectivity index (χ4n) is 5.58.